The third-order valence-electron chi connectivity index (χ3n) is 2.87. The highest BCUT2D eigenvalue weighted by atomic mass is 16.4. The molecule has 0 unspecified atom stereocenters. The van der Waals surface area contributed by atoms with Gasteiger partial charge in [-0.3, -0.25) is 0 Å². The lowest BCUT2D eigenvalue weighted by Gasteiger charge is -2.08. The lowest BCUT2D eigenvalue weighted by Crippen LogP contribution is -2.02. The van der Waals surface area contributed by atoms with Crippen LogP contribution in [0.1, 0.15) is 16.1 Å². The predicted molar refractivity (Wildman–Crippen MR) is 74.4 cm³/mol. The number of carbonyl (C=O) groups is 1. The number of aromatic nitrogens is 3. The van der Waals surface area contributed by atoms with Crippen molar-refractivity contribution < 1.29 is 9.90 Å². The number of hydrogen-bond acceptors (Lipinski definition) is 4. The van der Waals surface area contributed by atoms with Crippen LogP contribution in [-0.2, 0) is 0 Å². The Kier molecular flexibility index (Phi) is 2.83. The molecule has 0 aliphatic carbocycles. The zero-order valence-corrected chi connectivity index (χ0v) is 10.7. The lowest BCUT2D eigenvalue weighted by atomic mass is 10.2. The first-order chi connectivity index (χ1) is 9.63. The third kappa shape index (κ3) is 2.18. The number of aromatic carboxylic acids is 1. The molecule has 1 aromatic carbocycles. The first-order valence-corrected chi connectivity index (χ1v) is 6.05. The van der Waals surface area contributed by atoms with Crippen LogP contribution in [-0.4, -0.2) is 25.7 Å². The van der Waals surface area contributed by atoms with Crippen molar-refractivity contribution in [1.82, 2.24) is 14.6 Å². The summed E-state index contributed by atoms with van der Waals surface area (Å²) in [7, 11) is 0. The number of carboxylic acids is 1. The molecule has 0 spiro atoms. The molecule has 3 rings (SSSR count). The van der Waals surface area contributed by atoms with Gasteiger partial charge in [0.1, 0.15) is 5.82 Å². The number of aryl methyl sites for hydroxylation is 1. The zero-order valence-electron chi connectivity index (χ0n) is 10.7. The van der Waals surface area contributed by atoms with Crippen LogP contribution in [0.2, 0.25) is 0 Å². The maximum atomic E-state index is 11.0. The summed E-state index contributed by atoms with van der Waals surface area (Å²) < 4.78 is 1.48. The number of anilines is 2. The molecule has 0 aliphatic rings. The molecule has 6 nitrogen and oxygen atoms in total. The molecule has 100 valence electrons. The molecule has 0 saturated heterocycles. The molecular formula is C14H12N4O2. The molecule has 3 aromatic rings. The predicted octanol–water partition coefficient (Wildman–Crippen LogP) is 2.48. The van der Waals surface area contributed by atoms with E-state index in [2.05, 4.69) is 15.4 Å². The van der Waals surface area contributed by atoms with Crippen molar-refractivity contribution >= 4 is 23.1 Å². The van der Waals surface area contributed by atoms with Gasteiger partial charge in [0.05, 0.1) is 0 Å². The SMILES string of the molecule is Cc1cccc(Nc2ccnc3cc(C(=O)O)nn23)c1. The van der Waals surface area contributed by atoms with Crippen molar-refractivity contribution in [3.8, 4) is 0 Å². The molecule has 0 fully saturated rings. The molecule has 0 amide bonds. The van der Waals surface area contributed by atoms with Crippen LogP contribution in [0.15, 0.2) is 42.6 Å². The van der Waals surface area contributed by atoms with Gasteiger partial charge < -0.3 is 10.4 Å². The van der Waals surface area contributed by atoms with Crippen LogP contribution in [0.3, 0.4) is 0 Å². The summed E-state index contributed by atoms with van der Waals surface area (Å²) in [6.45, 7) is 2.00. The number of benzene rings is 1. The van der Waals surface area contributed by atoms with Gasteiger partial charge in [0.15, 0.2) is 11.3 Å². The Morgan fingerprint density at radius 3 is 2.90 bits per heavy atom. The lowest BCUT2D eigenvalue weighted by molar-refractivity contribution is 0.0690. The summed E-state index contributed by atoms with van der Waals surface area (Å²) in [6, 6.07) is 11.1. The summed E-state index contributed by atoms with van der Waals surface area (Å²) >= 11 is 0. The van der Waals surface area contributed by atoms with Crippen LogP contribution >= 0.6 is 0 Å². The number of nitrogens with zero attached hydrogens (tertiary/aromatic N) is 3. The summed E-state index contributed by atoms with van der Waals surface area (Å²) in [4.78, 5) is 15.1. The average Bonchev–Trinajstić information content (AvgIpc) is 2.84. The van der Waals surface area contributed by atoms with E-state index in [-0.39, 0.29) is 5.69 Å². The van der Waals surface area contributed by atoms with Gasteiger partial charge in [-0.2, -0.15) is 9.61 Å². The van der Waals surface area contributed by atoms with Gasteiger partial charge in [-0.1, -0.05) is 12.1 Å². The Balaban J connectivity index is 2.05. The van der Waals surface area contributed by atoms with E-state index in [1.807, 2.05) is 31.2 Å². The Bertz CT molecular complexity index is 795. The molecule has 0 bridgehead atoms. The highest BCUT2D eigenvalue weighted by molar-refractivity contribution is 5.86. The first-order valence-electron chi connectivity index (χ1n) is 6.05. The molecule has 6 heteroatoms. The molecule has 2 heterocycles. The summed E-state index contributed by atoms with van der Waals surface area (Å²) in [5.74, 6) is -0.412. The van der Waals surface area contributed by atoms with Crippen LogP contribution in [0, 0.1) is 6.92 Å². The van der Waals surface area contributed by atoms with Gasteiger partial charge in [-0.25, -0.2) is 9.78 Å². The maximum absolute atomic E-state index is 11.0. The Labute approximate surface area is 114 Å². The largest absolute Gasteiger partial charge is 0.476 e. The molecular weight excluding hydrogens is 256 g/mol. The summed E-state index contributed by atoms with van der Waals surface area (Å²) in [6.07, 6.45) is 1.61. The molecule has 0 aliphatic heterocycles. The number of fused-ring (bicyclic) bond motifs is 1. The third-order valence-corrected chi connectivity index (χ3v) is 2.87. The minimum Gasteiger partial charge on any atom is -0.476 e. The van der Waals surface area contributed by atoms with Crippen molar-refractivity contribution in [3.05, 3.63) is 53.9 Å². The van der Waals surface area contributed by atoms with Crippen molar-refractivity contribution in [2.45, 2.75) is 6.92 Å². The monoisotopic (exact) mass is 268 g/mol. The van der Waals surface area contributed by atoms with Crippen molar-refractivity contribution in [1.29, 1.82) is 0 Å². The quantitative estimate of drug-likeness (QED) is 0.762. The molecule has 20 heavy (non-hydrogen) atoms. The van der Waals surface area contributed by atoms with Gasteiger partial charge in [0.25, 0.3) is 0 Å². The van der Waals surface area contributed by atoms with Crippen molar-refractivity contribution in [3.63, 3.8) is 0 Å². The summed E-state index contributed by atoms with van der Waals surface area (Å²) in [5.41, 5.74) is 2.49. The molecule has 2 N–H and O–H groups in total. The molecule has 2 aromatic heterocycles. The van der Waals surface area contributed by atoms with Crippen LogP contribution in [0.4, 0.5) is 11.5 Å². The fraction of sp³-hybridized carbons (Fsp3) is 0.0714. The Morgan fingerprint density at radius 1 is 1.30 bits per heavy atom. The molecule has 0 radical (unpaired) electrons. The van der Waals surface area contributed by atoms with Gasteiger partial charge in [-0.15, -0.1) is 0 Å². The van der Waals surface area contributed by atoms with Crippen LogP contribution in [0.5, 0.6) is 0 Å². The Morgan fingerprint density at radius 2 is 2.15 bits per heavy atom. The molecule has 0 atom stereocenters. The van der Waals surface area contributed by atoms with Gasteiger partial charge >= 0.3 is 5.97 Å². The fourth-order valence-electron chi connectivity index (χ4n) is 1.97. The minimum absolute atomic E-state index is 0.0315. The van der Waals surface area contributed by atoms with Crippen molar-refractivity contribution in [2.75, 3.05) is 5.32 Å². The van der Waals surface area contributed by atoms with Gasteiger partial charge in [0.2, 0.25) is 0 Å². The van der Waals surface area contributed by atoms with E-state index in [9.17, 15) is 4.79 Å². The van der Waals surface area contributed by atoms with E-state index >= 15 is 0 Å². The standard InChI is InChI=1S/C14H12N4O2/c1-9-3-2-4-10(7-9)16-12-5-6-15-13-8-11(14(19)20)17-18(12)13/h2-8,16H,1H3,(H,19,20). The van der Waals surface area contributed by atoms with Crippen LogP contribution in [0.25, 0.3) is 5.65 Å². The van der Waals surface area contributed by atoms with E-state index < -0.39 is 5.97 Å². The second kappa shape index (κ2) is 4.65. The highest BCUT2D eigenvalue weighted by Crippen LogP contribution is 2.18. The van der Waals surface area contributed by atoms with Gasteiger partial charge in [-0.05, 0) is 30.7 Å². The Hall–Kier alpha value is -2.89. The van der Waals surface area contributed by atoms with Gasteiger partial charge in [0, 0.05) is 18.0 Å². The number of rotatable bonds is 3. The zero-order chi connectivity index (χ0) is 14.1. The minimum atomic E-state index is -1.07. The summed E-state index contributed by atoms with van der Waals surface area (Å²) in [5, 5.41) is 16.2. The van der Waals surface area contributed by atoms with Crippen LogP contribution < -0.4 is 5.32 Å². The van der Waals surface area contributed by atoms with E-state index in [0.29, 0.717) is 11.5 Å². The normalized spacial score (nSPS) is 10.7. The topological polar surface area (TPSA) is 79.5 Å². The smallest absolute Gasteiger partial charge is 0.356 e. The highest BCUT2D eigenvalue weighted by Gasteiger charge is 2.11. The van der Waals surface area contributed by atoms with E-state index in [0.717, 1.165) is 11.3 Å². The number of nitrogens with one attached hydrogen (secondary N) is 1. The van der Waals surface area contributed by atoms with E-state index in [1.54, 1.807) is 12.3 Å². The molecule has 0 saturated carbocycles. The number of hydrogen-bond donors (Lipinski definition) is 2. The maximum Gasteiger partial charge on any atom is 0.356 e. The van der Waals surface area contributed by atoms with Crippen molar-refractivity contribution in [2.24, 2.45) is 0 Å². The average molecular weight is 268 g/mol. The fourth-order valence-corrected chi connectivity index (χ4v) is 1.97. The second-order valence-corrected chi connectivity index (χ2v) is 4.43. The number of carboxylic acid groups (broad SMARTS) is 1. The van der Waals surface area contributed by atoms with E-state index in [4.69, 9.17) is 5.11 Å². The first kappa shape index (κ1) is 12.2. The second-order valence-electron chi connectivity index (χ2n) is 4.43. The van der Waals surface area contributed by atoms with E-state index in [1.165, 1.54) is 10.6 Å².